The van der Waals surface area contributed by atoms with Crippen molar-refractivity contribution in [2.75, 3.05) is 0 Å². The van der Waals surface area contributed by atoms with Gasteiger partial charge in [-0.2, -0.15) is 0 Å². The molecule has 1 N–H and O–H groups in total. The average Bonchev–Trinajstić information content (AvgIpc) is 2.24. The lowest BCUT2D eigenvalue weighted by Gasteiger charge is -2.14. The van der Waals surface area contributed by atoms with Crippen LogP contribution in [0.15, 0.2) is 18.2 Å². The van der Waals surface area contributed by atoms with E-state index in [9.17, 15) is 5.11 Å². The molecule has 1 aromatic rings. The van der Waals surface area contributed by atoms with E-state index >= 15 is 0 Å². The van der Waals surface area contributed by atoms with Gasteiger partial charge in [-0.3, -0.25) is 0 Å². The highest BCUT2D eigenvalue weighted by molar-refractivity contribution is 6.36. The molecule has 0 radical (unpaired) electrons. The van der Waals surface area contributed by atoms with Crippen LogP contribution in [0, 0.1) is 0 Å². The van der Waals surface area contributed by atoms with Crippen molar-refractivity contribution in [2.45, 2.75) is 45.1 Å². The van der Waals surface area contributed by atoms with Crippen LogP contribution in [0.25, 0.3) is 0 Å². The molecular weight excluding hydrogens is 243 g/mol. The summed E-state index contributed by atoms with van der Waals surface area (Å²) in [5, 5.41) is 11.1. The Morgan fingerprint density at radius 3 is 2.31 bits per heavy atom. The molecule has 90 valence electrons. The number of hydrogen-bond donors (Lipinski definition) is 1. The predicted molar refractivity (Wildman–Crippen MR) is 70.2 cm³/mol. The molecule has 1 atom stereocenters. The Hall–Kier alpha value is -0.240. The number of aliphatic hydroxyl groups excluding tert-OH is 1. The molecule has 0 bridgehead atoms. The van der Waals surface area contributed by atoms with E-state index in [0.29, 0.717) is 15.6 Å². The summed E-state index contributed by atoms with van der Waals surface area (Å²) >= 11 is 12.0. The highest BCUT2D eigenvalue weighted by atomic mass is 35.5. The Bertz CT molecular complexity index is 305. The highest BCUT2D eigenvalue weighted by Gasteiger charge is 2.14. The zero-order valence-corrected chi connectivity index (χ0v) is 11.1. The largest absolute Gasteiger partial charge is 0.388 e. The summed E-state index contributed by atoms with van der Waals surface area (Å²) < 4.78 is 0. The van der Waals surface area contributed by atoms with Crippen molar-refractivity contribution in [1.82, 2.24) is 0 Å². The monoisotopic (exact) mass is 260 g/mol. The maximum absolute atomic E-state index is 10.0. The maximum atomic E-state index is 10.0. The molecule has 1 rings (SSSR count). The zero-order chi connectivity index (χ0) is 12.0. The van der Waals surface area contributed by atoms with Crippen molar-refractivity contribution < 1.29 is 5.11 Å². The van der Waals surface area contributed by atoms with E-state index in [0.717, 1.165) is 19.3 Å². The maximum Gasteiger partial charge on any atom is 0.0819 e. The van der Waals surface area contributed by atoms with Crippen molar-refractivity contribution in [3.8, 4) is 0 Å². The molecule has 1 aromatic carbocycles. The molecular formula is C13H18Cl2O. The number of aliphatic hydroxyl groups is 1. The molecule has 0 saturated heterocycles. The average molecular weight is 261 g/mol. The first-order chi connectivity index (χ1) is 7.66. The van der Waals surface area contributed by atoms with Crippen molar-refractivity contribution in [3.63, 3.8) is 0 Å². The van der Waals surface area contributed by atoms with E-state index in [1.54, 1.807) is 18.2 Å². The second kappa shape index (κ2) is 7.16. The van der Waals surface area contributed by atoms with Crippen molar-refractivity contribution in [2.24, 2.45) is 0 Å². The Labute approximate surface area is 107 Å². The van der Waals surface area contributed by atoms with Gasteiger partial charge in [0.05, 0.1) is 6.10 Å². The van der Waals surface area contributed by atoms with Crippen LogP contribution in [0.4, 0.5) is 0 Å². The second-order valence-electron chi connectivity index (χ2n) is 4.00. The Kier molecular flexibility index (Phi) is 6.18. The van der Waals surface area contributed by atoms with Crippen LogP contribution in [0.1, 0.15) is 50.7 Å². The van der Waals surface area contributed by atoms with Gasteiger partial charge in [-0.1, -0.05) is 61.9 Å². The fraction of sp³-hybridized carbons (Fsp3) is 0.538. The minimum atomic E-state index is -0.543. The van der Waals surface area contributed by atoms with Gasteiger partial charge in [-0.15, -0.1) is 0 Å². The van der Waals surface area contributed by atoms with Crippen molar-refractivity contribution >= 4 is 23.2 Å². The third-order valence-electron chi connectivity index (χ3n) is 2.66. The minimum absolute atomic E-state index is 0.543. The molecule has 0 aliphatic carbocycles. The van der Waals surface area contributed by atoms with Gasteiger partial charge in [-0.05, 0) is 18.6 Å². The van der Waals surface area contributed by atoms with Crippen molar-refractivity contribution in [1.29, 1.82) is 0 Å². The fourth-order valence-corrected chi connectivity index (χ4v) is 2.39. The molecule has 1 nitrogen and oxygen atoms in total. The standard InChI is InChI=1S/C13H18Cl2O/c1-2-3-4-5-9-12(16)13-10(14)7-6-8-11(13)15/h6-8,12,16H,2-5,9H2,1H3. The number of rotatable bonds is 6. The van der Waals surface area contributed by atoms with Gasteiger partial charge in [-0.25, -0.2) is 0 Å². The summed E-state index contributed by atoms with van der Waals surface area (Å²) in [5.74, 6) is 0. The lowest BCUT2D eigenvalue weighted by Crippen LogP contribution is -1.99. The molecule has 0 amide bonds. The number of benzene rings is 1. The van der Waals surface area contributed by atoms with E-state index in [4.69, 9.17) is 23.2 Å². The lowest BCUT2D eigenvalue weighted by atomic mass is 10.0. The number of hydrogen-bond acceptors (Lipinski definition) is 1. The van der Waals surface area contributed by atoms with E-state index in [1.165, 1.54) is 12.8 Å². The predicted octanol–water partition coefficient (Wildman–Crippen LogP) is 5.00. The SMILES string of the molecule is CCCCCCC(O)c1c(Cl)cccc1Cl. The summed E-state index contributed by atoms with van der Waals surface area (Å²) in [4.78, 5) is 0. The van der Waals surface area contributed by atoms with Crippen LogP contribution in [0.2, 0.25) is 10.0 Å². The summed E-state index contributed by atoms with van der Waals surface area (Å²) in [6.45, 7) is 2.17. The second-order valence-corrected chi connectivity index (χ2v) is 4.81. The topological polar surface area (TPSA) is 20.2 Å². The van der Waals surface area contributed by atoms with E-state index in [2.05, 4.69) is 6.92 Å². The van der Waals surface area contributed by atoms with Gasteiger partial charge in [0.15, 0.2) is 0 Å². The third-order valence-corrected chi connectivity index (χ3v) is 3.32. The van der Waals surface area contributed by atoms with Crippen molar-refractivity contribution in [3.05, 3.63) is 33.8 Å². The van der Waals surface area contributed by atoms with Crippen LogP contribution in [-0.2, 0) is 0 Å². The Morgan fingerprint density at radius 2 is 1.75 bits per heavy atom. The highest BCUT2D eigenvalue weighted by Crippen LogP contribution is 2.32. The minimum Gasteiger partial charge on any atom is -0.388 e. The molecule has 0 aliphatic heterocycles. The first kappa shape index (κ1) is 13.8. The molecule has 1 unspecified atom stereocenters. The Balaban J connectivity index is 2.55. The molecule has 0 fully saturated rings. The number of unbranched alkanes of at least 4 members (excludes halogenated alkanes) is 3. The van der Waals surface area contributed by atoms with E-state index in [-0.39, 0.29) is 0 Å². The quantitative estimate of drug-likeness (QED) is 0.714. The van der Waals surface area contributed by atoms with Crippen LogP contribution < -0.4 is 0 Å². The van der Waals surface area contributed by atoms with Crippen LogP contribution in [-0.4, -0.2) is 5.11 Å². The third kappa shape index (κ3) is 3.97. The summed E-state index contributed by atoms with van der Waals surface area (Å²) in [7, 11) is 0. The molecule has 0 aliphatic rings. The molecule has 16 heavy (non-hydrogen) atoms. The van der Waals surface area contributed by atoms with Gasteiger partial charge < -0.3 is 5.11 Å². The summed E-state index contributed by atoms with van der Waals surface area (Å²) in [6.07, 6.45) is 4.75. The normalized spacial score (nSPS) is 12.8. The lowest BCUT2D eigenvalue weighted by molar-refractivity contribution is 0.163. The van der Waals surface area contributed by atoms with Gasteiger partial charge in [0.2, 0.25) is 0 Å². The van der Waals surface area contributed by atoms with E-state index < -0.39 is 6.10 Å². The van der Waals surface area contributed by atoms with Crippen LogP contribution >= 0.6 is 23.2 Å². The summed E-state index contributed by atoms with van der Waals surface area (Å²) in [5.41, 5.74) is 0.669. The zero-order valence-electron chi connectivity index (χ0n) is 9.55. The van der Waals surface area contributed by atoms with E-state index in [1.807, 2.05) is 0 Å². The van der Waals surface area contributed by atoms with Gasteiger partial charge in [0.1, 0.15) is 0 Å². The first-order valence-corrected chi connectivity index (χ1v) is 6.54. The van der Waals surface area contributed by atoms with Gasteiger partial charge >= 0.3 is 0 Å². The fourth-order valence-electron chi connectivity index (χ4n) is 1.74. The summed E-state index contributed by atoms with van der Waals surface area (Å²) in [6, 6.07) is 5.31. The van der Waals surface area contributed by atoms with Gasteiger partial charge in [0, 0.05) is 15.6 Å². The molecule has 0 spiro atoms. The van der Waals surface area contributed by atoms with Gasteiger partial charge in [0.25, 0.3) is 0 Å². The van der Waals surface area contributed by atoms with Crippen LogP contribution in [0.3, 0.4) is 0 Å². The number of halogens is 2. The van der Waals surface area contributed by atoms with Crippen LogP contribution in [0.5, 0.6) is 0 Å². The first-order valence-electron chi connectivity index (χ1n) is 5.78. The Morgan fingerprint density at radius 1 is 1.12 bits per heavy atom. The molecule has 3 heteroatoms. The molecule has 0 heterocycles. The molecule has 0 saturated carbocycles. The molecule has 0 aromatic heterocycles. The smallest absolute Gasteiger partial charge is 0.0819 e.